The molecule has 1 aromatic rings. The number of ether oxygens (including phenoxy) is 1. The molecular weight excluding hydrogens is 258 g/mol. The number of nitrogens with one attached hydrogen (secondary N) is 1. The summed E-state index contributed by atoms with van der Waals surface area (Å²) >= 11 is 1.30. The van der Waals surface area contributed by atoms with Crippen LogP contribution in [0.4, 0.5) is 5.13 Å². The molecule has 0 saturated heterocycles. The van der Waals surface area contributed by atoms with Crippen molar-refractivity contribution in [2.24, 2.45) is 5.92 Å². The van der Waals surface area contributed by atoms with E-state index in [0.29, 0.717) is 11.0 Å². The van der Waals surface area contributed by atoms with E-state index in [0.717, 1.165) is 11.4 Å². The van der Waals surface area contributed by atoms with Crippen molar-refractivity contribution in [3.63, 3.8) is 0 Å². The number of carbonyl (C=O) groups excluding carboxylic acids is 1. The molecule has 7 nitrogen and oxygen atoms in total. The van der Waals surface area contributed by atoms with Gasteiger partial charge in [0.05, 0.1) is 0 Å². The van der Waals surface area contributed by atoms with Crippen molar-refractivity contribution in [3.05, 3.63) is 5.01 Å². The van der Waals surface area contributed by atoms with E-state index >= 15 is 0 Å². The molecule has 1 amide bonds. The average Bonchev–Trinajstić information content (AvgIpc) is 2.63. The van der Waals surface area contributed by atoms with Crippen molar-refractivity contribution in [1.29, 1.82) is 0 Å². The van der Waals surface area contributed by atoms with Crippen LogP contribution in [-0.2, 0) is 20.7 Å². The van der Waals surface area contributed by atoms with Crippen molar-refractivity contribution in [1.82, 2.24) is 10.2 Å². The highest BCUT2D eigenvalue weighted by molar-refractivity contribution is 7.15. The van der Waals surface area contributed by atoms with Gasteiger partial charge < -0.3 is 9.84 Å². The third-order valence-electron chi connectivity index (χ3n) is 1.75. The number of carboxylic acid groups (broad SMARTS) is 1. The zero-order valence-corrected chi connectivity index (χ0v) is 11.0. The molecule has 0 bridgehead atoms. The van der Waals surface area contributed by atoms with Gasteiger partial charge >= 0.3 is 5.97 Å². The zero-order chi connectivity index (χ0) is 13.5. The molecule has 2 N–H and O–H groups in total. The highest BCUT2D eigenvalue weighted by atomic mass is 32.1. The lowest BCUT2D eigenvalue weighted by molar-refractivity contribution is -0.143. The highest BCUT2D eigenvalue weighted by Crippen LogP contribution is 2.17. The van der Waals surface area contributed by atoms with Crippen molar-refractivity contribution in [3.8, 4) is 0 Å². The number of carbonyl (C=O) groups is 2. The molecule has 1 heterocycles. The lowest BCUT2D eigenvalue weighted by Crippen LogP contribution is -2.20. The Morgan fingerprint density at radius 3 is 2.72 bits per heavy atom. The van der Waals surface area contributed by atoms with E-state index < -0.39 is 18.5 Å². The fraction of sp³-hybridized carbons (Fsp3) is 0.600. The Morgan fingerprint density at radius 2 is 2.11 bits per heavy atom. The van der Waals surface area contributed by atoms with Gasteiger partial charge in [-0.1, -0.05) is 25.2 Å². The fourth-order valence-corrected chi connectivity index (χ4v) is 2.09. The Balaban J connectivity index is 2.35. The van der Waals surface area contributed by atoms with Crippen LogP contribution < -0.4 is 5.32 Å². The maximum Gasteiger partial charge on any atom is 0.329 e. The summed E-state index contributed by atoms with van der Waals surface area (Å²) < 4.78 is 4.65. The van der Waals surface area contributed by atoms with Crippen LogP contribution >= 0.6 is 11.3 Å². The average molecular weight is 273 g/mol. The molecule has 0 radical (unpaired) electrons. The first-order valence-corrected chi connectivity index (χ1v) is 6.20. The Morgan fingerprint density at radius 1 is 1.39 bits per heavy atom. The fourth-order valence-electron chi connectivity index (χ4n) is 1.12. The second-order valence-electron chi connectivity index (χ2n) is 4.03. The SMILES string of the molecule is CC(C)Cc1nnc(NC(=O)COCC(=O)O)s1. The lowest BCUT2D eigenvalue weighted by Gasteiger charge is -2.00. The van der Waals surface area contributed by atoms with Crippen molar-refractivity contribution >= 4 is 28.3 Å². The Labute approximate surface area is 108 Å². The molecule has 100 valence electrons. The van der Waals surface area contributed by atoms with Gasteiger partial charge in [0.15, 0.2) is 0 Å². The Kier molecular flexibility index (Phi) is 5.66. The number of aliphatic carboxylic acids is 1. The van der Waals surface area contributed by atoms with Crippen LogP contribution in [0.15, 0.2) is 0 Å². The van der Waals surface area contributed by atoms with Crippen molar-refractivity contribution in [2.75, 3.05) is 18.5 Å². The maximum atomic E-state index is 11.3. The molecule has 0 spiro atoms. The van der Waals surface area contributed by atoms with Crippen molar-refractivity contribution < 1.29 is 19.4 Å². The van der Waals surface area contributed by atoms with Gasteiger partial charge in [0.1, 0.15) is 18.2 Å². The molecule has 0 aliphatic heterocycles. The minimum atomic E-state index is -1.11. The van der Waals surface area contributed by atoms with E-state index in [1.165, 1.54) is 11.3 Å². The summed E-state index contributed by atoms with van der Waals surface area (Å²) in [6.45, 7) is 3.33. The second-order valence-corrected chi connectivity index (χ2v) is 5.10. The number of hydrogen-bond acceptors (Lipinski definition) is 6. The smallest absolute Gasteiger partial charge is 0.329 e. The normalized spacial score (nSPS) is 10.6. The summed E-state index contributed by atoms with van der Waals surface area (Å²) in [4.78, 5) is 21.5. The summed E-state index contributed by atoms with van der Waals surface area (Å²) in [5, 5.41) is 19.8. The third-order valence-corrected chi connectivity index (χ3v) is 2.62. The van der Waals surface area contributed by atoms with Crippen LogP contribution in [0.3, 0.4) is 0 Å². The van der Waals surface area contributed by atoms with Crippen LogP contribution in [-0.4, -0.2) is 40.4 Å². The number of aromatic nitrogens is 2. The molecule has 0 aliphatic carbocycles. The predicted octanol–water partition coefficient (Wildman–Crippen LogP) is 0.776. The third kappa shape index (κ3) is 5.69. The van der Waals surface area contributed by atoms with Crippen LogP contribution in [0.1, 0.15) is 18.9 Å². The van der Waals surface area contributed by atoms with E-state index in [4.69, 9.17) is 5.11 Å². The number of nitrogens with zero attached hydrogens (tertiary/aromatic N) is 2. The number of hydrogen-bond donors (Lipinski definition) is 2. The quantitative estimate of drug-likeness (QED) is 0.761. The van der Waals surface area contributed by atoms with Gasteiger partial charge in [-0.15, -0.1) is 10.2 Å². The summed E-state index contributed by atoms with van der Waals surface area (Å²) in [6, 6.07) is 0. The molecule has 18 heavy (non-hydrogen) atoms. The summed E-state index contributed by atoms with van der Waals surface area (Å²) in [5.41, 5.74) is 0. The summed E-state index contributed by atoms with van der Waals surface area (Å²) in [7, 11) is 0. The molecular formula is C10H15N3O4S. The van der Waals surface area contributed by atoms with Gasteiger partial charge in [-0.3, -0.25) is 10.1 Å². The highest BCUT2D eigenvalue weighted by Gasteiger charge is 2.09. The zero-order valence-electron chi connectivity index (χ0n) is 10.2. The molecule has 0 saturated carbocycles. The standard InChI is InChI=1S/C10H15N3O4S/c1-6(2)3-8-12-13-10(18-8)11-7(14)4-17-5-9(15)16/h6H,3-5H2,1-2H3,(H,15,16)(H,11,13,14). The van der Waals surface area contributed by atoms with Crippen LogP contribution in [0.5, 0.6) is 0 Å². The minimum Gasteiger partial charge on any atom is -0.480 e. The van der Waals surface area contributed by atoms with E-state index in [2.05, 4.69) is 34.1 Å². The van der Waals surface area contributed by atoms with Gasteiger partial charge in [0.2, 0.25) is 5.13 Å². The number of rotatable bonds is 7. The molecule has 8 heteroatoms. The monoisotopic (exact) mass is 273 g/mol. The van der Waals surface area contributed by atoms with E-state index in [-0.39, 0.29) is 6.61 Å². The first kappa shape index (κ1) is 14.5. The molecule has 1 rings (SSSR count). The van der Waals surface area contributed by atoms with E-state index in [1.807, 2.05) is 0 Å². The van der Waals surface area contributed by atoms with E-state index in [9.17, 15) is 9.59 Å². The lowest BCUT2D eigenvalue weighted by atomic mass is 10.1. The van der Waals surface area contributed by atoms with E-state index in [1.54, 1.807) is 0 Å². The summed E-state index contributed by atoms with van der Waals surface area (Å²) in [5.74, 6) is -1.08. The summed E-state index contributed by atoms with van der Waals surface area (Å²) in [6.07, 6.45) is 0.809. The molecule has 0 aromatic carbocycles. The molecule has 0 atom stereocenters. The number of carboxylic acids is 1. The second kappa shape index (κ2) is 7.02. The molecule has 1 aromatic heterocycles. The Hall–Kier alpha value is -1.54. The molecule has 0 aliphatic rings. The van der Waals surface area contributed by atoms with Crippen LogP contribution in [0, 0.1) is 5.92 Å². The Bertz CT molecular complexity index is 419. The van der Waals surface area contributed by atoms with Gasteiger partial charge in [-0.05, 0) is 5.92 Å². The maximum absolute atomic E-state index is 11.3. The van der Waals surface area contributed by atoms with Gasteiger partial charge in [-0.2, -0.15) is 0 Å². The number of anilines is 1. The van der Waals surface area contributed by atoms with Crippen LogP contribution in [0.25, 0.3) is 0 Å². The topological polar surface area (TPSA) is 101 Å². The van der Waals surface area contributed by atoms with Gasteiger partial charge in [0.25, 0.3) is 5.91 Å². The van der Waals surface area contributed by atoms with Gasteiger partial charge in [-0.25, -0.2) is 4.79 Å². The minimum absolute atomic E-state index is 0.314. The molecule has 0 fully saturated rings. The predicted molar refractivity (Wildman–Crippen MR) is 65.5 cm³/mol. The largest absolute Gasteiger partial charge is 0.480 e. The number of amides is 1. The van der Waals surface area contributed by atoms with Crippen molar-refractivity contribution in [2.45, 2.75) is 20.3 Å². The van der Waals surface area contributed by atoms with Gasteiger partial charge in [0, 0.05) is 6.42 Å². The first-order valence-electron chi connectivity index (χ1n) is 5.39. The first-order chi connectivity index (χ1) is 8.47. The molecule has 0 unspecified atom stereocenters. The van der Waals surface area contributed by atoms with Crippen LogP contribution in [0.2, 0.25) is 0 Å².